The molecule has 0 amide bonds. The van der Waals surface area contributed by atoms with Crippen LogP contribution in [0.15, 0.2) is 40.5 Å². The van der Waals surface area contributed by atoms with Crippen molar-refractivity contribution in [2.45, 2.75) is 32.2 Å². The molecule has 8 heteroatoms. The summed E-state index contributed by atoms with van der Waals surface area (Å²) in [6, 6.07) is 9.35. The fourth-order valence-corrected chi connectivity index (χ4v) is 4.59. The van der Waals surface area contributed by atoms with Crippen molar-refractivity contribution in [3.63, 3.8) is 0 Å². The van der Waals surface area contributed by atoms with Crippen molar-refractivity contribution < 1.29 is 8.42 Å². The summed E-state index contributed by atoms with van der Waals surface area (Å²) < 4.78 is 29.8. The van der Waals surface area contributed by atoms with Crippen molar-refractivity contribution in [1.82, 2.24) is 18.7 Å². The molecule has 0 spiro atoms. The first-order chi connectivity index (χ1) is 12.4. The smallest absolute Gasteiger partial charge is 0.279 e. The highest BCUT2D eigenvalue weighted by Gasteiger charge is 2.31. The van der Waals surface area contributed by atoms with E-state index in [2.05, 4.69) is 5.10 Å². The number of aromatic nitrogens is 3. The fraction of sp³-hybridized carbons (Fsp3) is 0.444. The van der Waals surface area contributed by atoms with E-state index in [0.29, 0.717) is 25.5 Å². The SMILES string of the molecule is CCn1c(C2CCCN(S(=O)(=O)C=Cc3ccccc3)C2)nn(C)c1=O. The van der Waals surface area contributed by atoms with Gasteiger partial charge in [0.1, 0.15) is 5.82 Å². The van der Waals surface area contributed by atoms with Crippen molar-refractivity contribution in [3.8, 4) is 0 Å². The van der Waals surface area contributed by atoms with Gasteiger partial charge in [-0.1, -0.05) is 30.3 Å². The lowest BCUT2D eigenvalue weighted by atomic mass is 9.99. The first-order valence-electron chi connectivity index (χ1n) is 8.79. The molecule has 26 heavy (non-hydrogen) atoms. The maximum absolute atomic E-state index is 12.7. The van der Waals surface area contributed by atoms with E-state index in [9.17, 15) is 13.2 Å². The van der Waals surface area contributed by atoms with Crippen LogP contribution >= 0.6 is 0 Å². The number of rotatable bonds is 5. The summed E-state index contributed by atoms with van der Waals surface area (Å²) >= 11 is 0. The van der Waals surface area contributed by atoms with Crippen molar-refractivity contribution in [1.29, 1.82) is 0 Å². The summed E-state index contributed by atoms with van der Waals surface area (Å²) in [6.45, 7) is 3.25. The van der Waals surface area contributed by atoms with Gasteiger partial charge in [-0.2, -0.15) is 9.40 Å². The molecule has 1 aliphatic rings. The number of nitrogens with zero attached hydrogens (tertiary/aromatic N) is 4. The van der Waals surface area contributed by atoms with Crippen LogP contribution in [0.25, 0.3) is 6.08 Å². The molecule has 2 heterocycles. The molecule has 0 N–H and O–H groups in total. The molecule has 7 nitrogen and oxygen atoms in total. The van der Waals surface area contributed by atoms with E-state index in [4.69, 9.17) is 0 Å². The van der Waals surface area contributed by atoms with Crippen LogP contribution in [-0.2, 0) is 23.6 Å². The van der Waals surface area contributed by atoms with Gasteiger partial charge in [-0.05, 0) is 31.4 Å². The Morgan fingerprint density at radius 1 is 1.27 bits per heavy atom. The second-order valence-electron chi connectivity index (χ2n) is 6.46. The van der Waals surface area contributed by atoms with E-state index in [1.165, 1.54) is 14.4 Å². The summed E-state index contributed by atoms with van der Waals surface area (Å²) in [7, 11) is -1.89. The normalized spacial score (nSPS) is 19.2. The minimum Gasteiger partial charge on any atom is -0.279 e. The van der Waals surface area contributed by atoms with Crippen LogP contribution in [-0.4, -0.2) is 40.2 Å². The summed E-state index contributed by atoms with van der Waals surface area (Å²) in [5, 5.41) is 5.60. The Labute approximate surface area is 153 Å². The molecule has 0 bridgehead atoms. The minimum absolute atomic E-state index is 0.0718. The van der Waals surface area contributed by atoms with E-state index in [-0.39, 0.29) is 11.6 Å². The van der Waals surface area contributed by atoms with Gasteiger partial charge in [0.05, 0.1) is 0 Å². The molecule has 1 aromatic carbocycles. The van der Waals surface area contributed by atoms with E-state index >= 15 is 0 Å². The van der Waals surface area contributed by atoms with Gasteiger partial charge in [-0.3, -0.25) is 4.57 Å². The Balaban J connectivity index is 1.81. The van der Waals surface area contributed by atoms with Crippen LogP contribution in [0.4, 0.5) is 0 Å². The van der Waals surface area contributed by atoms with Gasteiger partial charge in [-0.15, -0.1) is 0 Å². The van der Waals surface area contributed by atoms with Crippen LogP contribution in [0.1, 0.15) is 37.1 Å². The van der Waals surface area contributed by atoms with Crippen molar-refractivity contribution >= 4 is 16.1 Å². The lowest BCUT2D eigenvalue weighted by Crippen LogP contribution is -2.39. The van der Waals surface area contributed by atoms with Gasteiger partial charge in [0.2, 0.25) is 10.0 Å². The maximum Gasteiger partial charge on any atom is 0.345 e. The van der Waals surface area contributed by atoms with Crippen molar-refractivity contribution in [2.75, 3.05) is 13.1 Å². The Morgan fingerprint density at radius 3 is 2.69 bits per heavy atom. The highest BCUT2D eigenvalue weighted by Crippen LogP contribution is 2.27. The summed E-state index contributed by atoms with van der Waals surface area (Å²) in [4.78, 5) is 12.1. The molecule has 1 aliphatic heterocycles. The van der Waals surface area contributed by atoms with Crippen molar-refractivity contribution in [2.24, 2.45) is 7.05 Å². The fourth-order valence-electron chi connectivity index (χ4n) is 3.32. The minimum atomic E-state index is -3.51. The van der Waals surface area contributed by atoms with Gasteiger partial charge in [0, 0.05) is 38.0 Å². The molecule has 3 rings (SSSR count). The van der Waals surface area contributed by atoms with E-state index in [1.807, 2.05) is 37.3 Å². The molecule has 1 aromatic heterocycles. The molecule has 1 atom stereocenters. The van der Waals surface area contributed by atoms with Gasteiger partial charge in [0.15, 0.2) is 0 Å². The average Bonchev–Trinajstić information content (AvgIpc) is 2.95. The first kappa shape index (κ1) is 18.6. The Morgan fingerprint density at radius 2 is 2.00 bits per heavy atom. The van der Waals surface area contributed by atoms with Gasteiger partial charge in [0.25, 0.3) is 0 Å². The largest absolute Gasteiger partial charge is 0.345 e. The predicted molar refractivity (Wildman–Crippen MR) is 101 cm³/mol. The van der Waals surface area contributed by atoms with Gasteiger partial charge in [-0.25, -0.2) is 17.9 Å². The third-order valence-corrected chi connectivity index (χ3v) is 6.23. The molecule has 0 radical (unpaired) electrons. The van der Waals surface area contributed by atoms with Crippen LogP contribution < -0.4 is 5.69 Å². The summed E-state index contributed by atoms with van der Waals surface area (Å²) in [6.07, 6.45) is 3.18. The lowest BCUT2D eigenvalue weighted by molar-refractivity contribution is 0.307. The Hall–Kier alpha value is -2.19. The topological polar surface area (TPSA) is 77.2 Å². The third-order valence-electron chi connectivity index (χ3n) is 4.69. The van der Waals surface area contributed by atoms with Crippen LogP contribution in [0, 0.1) is 0 Å². The highest BCUT2D eigenvalue weighted by atomic mass is 32.2. The number of hydrogen-bond acceptors (Lipinski definition) is 4. The molecule has 0 aliphatic carbocycles. The van der Waals surface area contributed by atoms with Gasteiger partial charge < -0.3 is 0 Å². The van der Waals surface area contributed by atoms with Crippen LogP contribution in [0.5, 0.6) is 0 Å². The maximum atomic E-state index is 12.7. The molecule has 140 valence electrons. The molecular formula is C18H24N4O3S. The molecule has 1 fully saturated rings. The number of benzene rings is 1. The molecule has 2 aromatic rings. The first-order valence-corrected chi connectivity index (χ1v) is 10.3. The number of aryl methyl sites for hydroxylation is 1. The Bertz CT molecular complexity index is 945. The molecular weight excluding hydrogens is 352 g/mol. The zero-order chi connectivity index (χ0) is 18.7. The number of hydrogen-bond donors (Lipinski definition) is 0. The number of piperidine rings is 1. The standard InChI is InChI=1S/C18H24N4O3S/c1-3-22-17(19-20(2)18(22)23)16-10-7-12-21(14-16)26(24,25)13-11-15-8-5-4-6-9-15/h4-6,8-9,11,13,16H,3,7,10,12,14H2,1-2H3. The Kier molecular flexibility index (Phi) is 5.43. The van der Waals surface area contributed by atoms with Crippen molar-refractivity contribution in [3.05, 3.63) is 57.6 Å². The zero-order valence-electron chi connectivity index (χ0n) is 15.1. The van der Waals surface area contributed by atoms with E-state index < -0.39 is 10.0 Å². The lowest BCUT2D eigenvalue weighted by Gasteiger charge is -2.30. The second-order valence-corrected chi connectivity index (χ2v) is 8.28. The summed E-state index contributed by atoms with van der Waals surface area (Å²) in [5.41, 5.74) is 0.681. The predicted octanol–water partition coefficient (Wildman–Crippen LogP) is 1.78. The second kappa shape index (κ2) is 7.59. The van der Waals surface area contributed by atoms with Gasteiger partial charge >= 0.3 is 5.69 Å². The third kappa shape index (κ3) is 3.81. The van der Waals surface area contributed by atoms with Crippen LogP contribution in [0.2, 0.25) is 0 Å². The van der Waals surface area contributed by atoms with E-state index in [1.54, 1.807) is 17.7 Å². The monoisotopic (exact) mass is 376 g/mol. The molecule has 1 saturated heterocycles. The quantitative estimate of drug-likeness (QED) is 0.797. The van der Waals surface area contributed by atoms with E-state index in [0.717, 1.165) is 18.4 Å². The number of sulfonamides is 1. The molecule has 0 saturated carbocycles. The summed E-state index contributed by atoms with van der Waals surface area (Å²) in [5.74, 6) is 0.601. The zero-order valence-corrected chi connectivity index (χ0v) is 15.9. The van der Waals surface area contributed by atoms with Crippen LogP contribution in [0.3, 0.4) is 0 Å². The average molecular weight is 376 g/mol. The molecule has 1 unspecified atom stereocenters. The highest BCUT2D eigenvalue weighted by molar-refractivity contribution is 7.92.